The van der Waals surface area contributed by atoms with E-state index in [1.54, 1.807) is 0 Å². The summed E-state index contributed by atoms with van der Waals surface area (Å²) in [7, 11) is 1.87. The van der Waals surface area contributed by atoms with Gasteiger partial charge in [-0.15, -0.1) is 0 Å². The zero-order valence-electron chi connectivity index (χ0n) is 15.8. The third-order valence-electron chi connectivity index (χ3n) is 4.27. The lowest BCUT2D eigenvalue weighted by Gasteiger charge is -2.28. The molecule has 0 radical (unpaired) electrons. The van der Waals surface area contributed by atoms with Crippen molar-refractivity contribution < 1.29 is 9.47 Å². The molecular formula is C19H26N6O2. The molecule has 0 bridgehead atoms. The summed E-state index contributed by atoms with van der Waals surface area (Å²) >= 11 is 0. The van der Waals surface area contributed by atoms with Crippen molar-refractivity contribution in [2.24, 2.45) is 10.9 Å². The van der Waals surface area contributed by atoms with Crippen LogP contribution in [0, 0.1) is 6.92 Å². The summed E-state index contributed by atoms with van der Waals surface area (Å²) in [5, 5.41) is 7.05. The Morgan fingerprint density at radius 3 is 2.81 bits per heavy atom. The van der Waals surface area contributed by atoms with Gasteiger partial charge < -0.3 is 25.5 Å². The number of morpholine rings is 1. The standard InChI is InChI=1S/C19H26N6O2/c1-14-4-3-5-15(12-14)18(24-20)16-13-17(25-7-10-26-11-8-25)23-19(22-16)27-9-6-21-2/h3-5,12-13,21H,6-11,20H2,1-2H3. The van der Waals surface area contributed by atoms with E-state index in [0.717, 1.165) is 30.0 Å². The molecule has 1 fully saturated rings. The first kappa shape index (κ1) is 19.1. The minimum atomic E-state index is 0.318. The Morgan fingerprint density at radius 2 is 2.11 bits per heavy atom. The van der Waals surface area contributed by atoms with E-state index in [1.807, 2.05) is 44.3 Å². The van der Waals surface area contributed by atoms with Crippen LogP contribution in [0.1, 0.15) is 16.8 Å². The molecule has 144 valence electrons. The fourth-order valence-corrected chi connectivity index (χ4v) is 2.88. The van der Waals surface area contributed by atoms with Crippen molar-refractivity contribution in [3.63, 3.8) is 0 Å². The smallest absolute Gasteiger partial charge is 0.319 e. The fraction of sp³-hybridized carbons (Fsp3) is 0.421. The van der Waals surface area contributed by atoms with Crippen molar-refractivity contribution in [1.29, 1.82) is 0 Å². The quantitative estimate of drug-likeness (QED) is 0.324. The molecule has 1 aliphatic rings. The van der Waals surface area contributed by atoms with Gasteiger partial charge in [0, 0.05) is 31.3 Å². The van der Waals surface area contributed by atoms with Gasteiger partial charge in [0.15, 0.2) is 0 Å². The van der Waals surface area contributed by atoms with E-state index in [-0.39, 0.29) is 0 Å². The monoisotopic (exact) mass is 370 g/mol. The van der Waals surface area contributed by atoms with E-state index >= 15 is 0 Å². The van der Waals surface area contributed by atoms with Gasteiger partial charge in [-0.25, -0.2) is 0 Å². The lowest BCUT2D eigenvalue weighted by molar-refractivity contribution is 0.122. The SMILES string of the molecule is CNCCOc1nc(C(=NN)c2cccc(C)c2)cc(N2CCOCC2)n1. The molecule has 8 heteroatoms. The zero-order chi connectivity index (χ0) is 19.1. The number of hydrogen-bond donors (Lipinski definition) is 2. The summed E-state index contributed by atoms with van der Waals surface area (Å²) in [5.74, 6) is 6.52. The molecule has 1 aliphatic heterocycles. The first-order chi connectivity index (χ1) is 13.2. The summed E-state index contributed by atoms with van der Waals surface area (Å²) in [5.41, 5.74) is 3.28. The molecule has 1 aromatic heterocycles. The van der Waals surface area contributed by atoms with E-state index < -0.39 is 0 Å². The van der Waals surface area contributed by atoms with Crippen molar-refractivity contribution in [3.05, 3.63) is 47.2 Å². The fourth-order valence-electron chi connectivity index (χ4n) is 2.88. The van der Waals surface area contributed by atoms with Gasteiger partial charge in [-0.1, -0.05) is 23.8 Å². The van der Waals surface area contributed by atoms with Gasteiger partial charge in [0.05, 0.1) is 13.2 Å². The molecule has 0 amide bonds. The average molecular weight is 370 g/mol. The Balaban J connectivity index is 1.97. The van der Waals surface area contributed by atoms with Crippen molar-refractivity contribution in [2.75, 3.05) is 51.4 Å². The first-order valence-electron chi connectivity index (χ1n) is 9.05. The second kappa shape index (κ2) is 9.29. The van der Waals surface area contributed by atoms with Gasteiger partial charge in [-0.3, -0.25) is 0 Å². The van der Waals surface area contributed by atoms with Crippen LogP contribution in [0.2, 0.25) is 0 Å². The predicted molar refractivity (Wildman–Crippen MR) is 105 cm³/mol. The molecule has 0 spiro atoms. The van der Waals surface area contributed by atoms with E-state index in [1.165, 1.54) is 0 Å². The van der Waals surface area contributed by atoms with Crippen molar-refractivity contribution in [1.82, 2.24) is 15.3 Å². The number of ether oxygens (including phenoxy) is 2. The number of likely N-dealkylation sites (N-methyl/N-ethyl adjacent to an activating group) is 1. The number of anilines is 1. The zero-order valence-corrected chi connectivity index (χ0v) is 15.8. The van der Waals surface area contributed by atoms with E-state index in [2.05, 4.69) is 25.3 Å². The second-order valence-electron chi connectivity index (χ2n) is 6.29. The maximum Gasteiger partial charge on any atom is 0.319 e. The highest BCUT2D eigenvalue weighted by Gasteiger charge is 2.18. The Kier molecular flexibility index (Phi) is 6.56. The Morgan fingerprint density at radius 1 is 1.30 bits per heavy atom. The van der Waals surface area contributed by atoms with Crippen LogP contribution in [0.25, 0.3) is 0 Å². The molecule has 0 aliphatic carbocycles. The van der Waals surface area contributed by atoms with Crippen LogP contribution >= 0.6 is 0 Å². The lowest BCUT2D eigenvalue weighted by Crippen LogP contribution is -2.37. The maximum atomic E-state index is 5.73. The van der Waals surface area contributed by atoms with E-state index in [0.29, 0.717) is 43.8 Å². The molecule has 2 heterocycles. The number of aryl methyl sites for hydroxylation is 1. The van der Waals surface area contributed by atoms with Gasteiger partial charge in [0.1, 0.15) is 23.8 Å². The molecule has 0 saturated carbocycles. The van der Waals surface area contributed by atoms with Crippen LogP contribution in [0.3, 0.4) is 0 Å². The number of benzene rings is 1. The van der Waals surface area contributed by atoms with Crippen LogP contribution < -0.4 is 20.8 Å². The largest absolute Gasteiger partial charge is 0.462 e. The highest BCUT2D eigenvalue weighted by atomic mass is 16.5. The average Bonchev–Trinajstić information content (AvgIpc) is 2.69. The number of rotatable bonds is 7. The van der Waals surface area contributed by atoms with Gasteiger partial charge in [-0.2, -0.15) is 15.1 Å². The van der Waals surface area contributed by atoms with E-state index in [9.17, 15) is 0 Å². The third kappa shape index (κ3) is 4.93. The molecule has 1 aromatic carbocycles. The molecule has 0 atom stereocenters. The highest BCUT2D eigenvalue weighted by molar-refractivity contribution is 6.12. The van der Waals surface area contributed by atoms with Crippen molar-refractivity contribution in [2.45, 2.75) is 6.92 Å². The topological polar surface area (TPSA) is 97.9 Å². The van der Waals surface area contributed by atoms with Gasteiger partial charge >= 0.3 is 6.01 Å². The Bertz CT molecular complexity index is 790. The number of hydrazone groups is 1. The van der Waals surface area contributed by atoms with Crippen molar-refractivity contribution in [3.8, 4) is 6.01 Å². The molecule has 2 aromatic rings. The third-order valence-corrected chi connectivity index (χ3v) is 4.27. The molecule has 8 nitrogen and oxygen atoms in total. The molecule has 3 rings (SSSR count). The predicted octanol–water partition coefficient (Wildman–Crippen LogP) is 0.931. The summed E-state index contributed by atoms with van der Waals surface area (Å²) in [4.78, 5) is 11.3. The summed E-state index contributed by atoms with van der Waals surface area (Å²) in [6.07, 6.45) is 0. The van der Waals surface area contributed by atoms with Crippen LogP contribution in [-0.2, 0) is 4.74 Å². The summed E-state index contributed by atoms with van der Waals surface area (Å²) < 4.78 is 11.2. The molecular weight excluding hydrogens is 344 g/mol. The van der Waals surface area contributed by atoms with Crippen molar-refractivity contribution >= 4 is 11.5 Å². The van der Waals surface area contributed by atoms with Crippen LogP contribution in [0.15, 0.2) is 35.4 Å². The van der Waals surface area contributed by atoms with Gasteiger partial charge in [0.25, 0.3) is 0 Å². The first-order valence-corrected chi connectivity index (χ1v) is 9.05. The van der Waals surface area contributed by atoms with Crippen LogP contribution in [-0.4, -0.2) is 62.2 Å². The number of aromatic nitrogens is 2. The van der Waals surface area contributed by atoms with Crippen LogP contribution in [0.5, 0.6) is 6.01 Å². The Hall–Kier alpha value is -2.71. The number of nitrogens with one attached hydrogen (secondary N) is 1. The molecule has 27 heavy (non-hydrogen) atoms. The maximum absolute atomic E-state index is 5.73. The Labute approximate surface area is 159 Å². The van der Waals surface area contributed by atoms with Gasteiger partial charge in [0.2, 0.25) is 0 Å². The lowest BCUT2D eigenvalue weighted by atomic mass is 10.0. The number of nitrogens with zero attached hydrogens (tertiary/aromatic N) is 4. The minimum Gasteiger partial charge on any atom is -0.462 e. The summed E-state index contributed by atoms with van der Waals surface area (Å²) in [6.45, 7) is 6.09. The minimum absolute atomic E-state index is 0.318. The number of nitrogens with two attached hydrogens (primary N) is 1. The molecule has 0 unspecified atom stereocenters. The highest BCUT2D eigenvalue weighted by Crippen LogP contribution is 2.20. The summed E-state index contributed by atoms with van der Waals surface area (Å²) in [6, 6.07) is 10.2. The second-order valence-corrected chi connectivity index (χ2v) is 6.29. The normalized spacial score (nSPS) is 15.0. The molecule has 1 saturated heterocycles. The number of hydrogen-bond acceptors (Lipinski definition) is 8. The molecule has 3 N–H and O–H groups in total. The van der Waals surface area contributed by atoms with Crippen LogP contribution in [0.4, 0.5) is 5.82 Å². The van der Waals surface area contributed by atoms with Gasteiger partial charge in [-0.05, 0) is 20.0 Å². The van der Waals surface area contributed by atoms with E-state index in [4.69, 9.17) is 15.3 Å².